The maximum absolute atomic E-state index is 10.6. The molecule has 1 aromatic rings. The predicted octanol–water partition coefficient (Wildman–Crippen LogP) is 0.858. The van der Waals surface area contributed by atoms with Crippen molar-refractivity contribution < 1.29 is 5.11 Å². The van der Waals surface area contributed by atoms with Crippen LogP contribution in [-0.4, -0.2) is 50.5 Å². The molecule has 1 aromatic heterocycles. The summed E-state index contributed by atoms with van der Waals surface area (Å²) in [6, 6.07) is 0.289. The second kappa shape index (κ2) is 4.74. The predicted molar refractivity (Wildman–Crippen MR) is 65.8 cm³/mol. The fourth-order valence-corrected chi connectivity index (χ4v) is 2.61. The molecule has 5 heteroatoms. The van der Waals surface area contributed by atoms with Crippen LogP contribution in [0.5, 0.6) is 0 Å². The van der Waals surface area contributed by atoms with Crippen LogP contribution in [0.4, 0.5) is 0 Å². The smallest absolute Gasteiger partial charge is 0.138 e. The molecule has 0 radical (unpaired) electrons. The van der Waals surface area contributed by atoms with Crippen LogP contribution in [0.15, 0.2) is 6.33 Å². The minimum atomic E-state index is -0.646. The molecule has 2 rings (SSSR count). The van der Waals surface area contributed by atoms with Crippen LogP contribution in [0.25, 0.3) is 0 Å². The van der Waals surface area contributed by atoms with Crippen molar-refractivity contribution >= 4 is 0 Å². The lowest BCUT2D eigenvalue weighted by Gasteiger charge is -2.37. The fourth-order valence-electron chi connectivity index (χ4n) is 2.61. The van der Waals surface area contributed by atoms with Crippen LogP contribution >= 0.6 is 0 Å². The number of hydrogen-bond acceptors (Lipinski definition) is 4. The summed E-state index contributed by atoms with van der Waals surface area (Å²) in [5.74, 6) is 0.887. The van der Waals surface area contributed by atoms with Gasteiger partial charge in [-0.1, -0.05) is 0 Å². The molecule has 1 N–H and O–H groups in total. The third-order valence-electron chi connectivity index (χ3n) is 3.37. The van der Waals surface area contributed by atoms with Gasteiger partial charge in [0.15, 0.2) is 0 Å². The van der Waals surface area contributed by atoms with Crippen molar-refractivity contribution in [3.05, 3.63) is 12.2 Å². The number of rotatable bonds is 3. The van der Waals surface area contributed by atoms with Crippen LogP contribution < -0.4 is 0 Å². The van der Waals surface area contributed by atoms with Gasteiger partial charge in [-0.05, 0) is 40.3 Å². The van der Waals surface area contributed by atoms with Gasteiger partial charge in [-0.2, -0.15) is 5.10 Å². The fraction of sp³-hybridized carbons (Fsp3) is 0.833. The van der Waals surface area contributed by atoms with E-state index in [1.807, 2.05) is 4.68 Å². The van der Waals surface area contributed by atoms with E-state index in [0.29, 0.717) is 6.42 Å². The van der Waals surface area contributed by atoms with E-state index in [9.17, 15) is 5.11 Å². The minimum Gasteiger partial charge on any atom is -0.388 e. The highest BCUT2D eigenvalue weighted by Crippen LogP contribution is 2.24. The molecular weight excluding hydrogens is 216 g/mol. The highest BCUT2D eigenvalue weighted by molar-refractivity contribution is 4.98. The van der Waals surface area contributed by atoms with E-state index in [1.165, 1.54) is 0 Å². The molecule has 0 spiro atoms. The molecule has 1 aliphatic heterocycles. The molecular formula is C12H22N4O. The molecule has 0 amide bonds. The van der Waals surface area contributed by atoms with Crippen LogP contribution in [0.2, 0.25) is 0 Å². The summed E-state index contributed by atoms with van der Waals surface area (Å²) in [4.78, 5) is 6.46. The molecule has 1 atom stereocenters. The summed E-state index contributed by atoms with van der Waals surface area (Å²) in [6.07, 6.45) is 4.06. The Morgan fingerprint density at radius 3 is 2.94 bits per heavy atom. The zero-order valence-electron chi connectivity index (χ0n) is 10.9. The summed E-state index contributed by atoms with van der Waals surface area (Å²) in [5.41, 5.74) is -0.646. The zero-order valence-corrected chi connectivity index (χ0v) is 10.9. The first-order valence-corrected chi connectivity index (χ1v) is 6.29. The quantitative estimate of drug-likeness (QED) is 0.848. The molecule has 0 aliphatic carbocycles. The van der Waals surface area contributed by atoms with Gasteiger partial charge in [0.05, 0.1) is 5.60 Å². The maximum atomic E-state index is 10.6. The van der Waals surface area contributed by atoms with Crippen molar-refractivity contribution in [3.8, 4) is 0 Å². The second-order valence-electron chi connectivity index (χ2n) is 5.46. The molecule has 0 saturated carbocycles. The first kappa shape index (κ1) is 12.5. The largest absolute Gasteiger partial charge is 0.388 e. The van der Waals surface area contributed by atoms with Crippen LogP contribution in [-0.2, 0) is 6.42 Å². The summed E-state index contributed by atoms with van der Waals surface area (Å²) >= 11 is 0. The molecule has 0 bridgehead atoms. The Balaban J connectivity index is 2.11. The van der Waals surface area contributed by atoms with Crippen molar-refractivity contribution in [3.63, 3.8) is 0 Å². The highest BCUT2D eigenvalue weighted by atomic mass is 16.3. The second-order valence-corrected chi connectivity index (χ2v) is 5.46. The van der Waals surface area contributed by atoms with Crippen molar-refractivity contribution in [1.29, 1.82) is 0 Å². The highest BCUT2D eigenvalue weighted by Gasteiger charge is 2.33. The summed E-state index contributed by atoms with van der Waals surface area (Å²) < 4.78 is 1.90. The number of nitrogens with zero attached hydrogens (tertiary/aromatic N) is 4. The average Bonchev–Trinajstić information content (AvgIpc) is 2.64. The SMILES string of the molecule is CC(C)n1ncnc1CC1(O)CCCN(C)C1. The molecule has 2 heterocycles. The van der Waals surface area contributed by atoms with Gasteiger partial charge in [-0.3, -0.25) is 0 Å². The van der Waals surface area contributed by atoms with E-state index in [1.54, 1.807) is 6.33 Å². The Bertz CT molecular complexity index is 376. The van der Waals surface area contributed by atoms with Gasteiger partial charge in [-0.15, -0.1) is 0 Å². The number of aliphatic hydroxyl groups is 1. The standard InChI is InChI=1S/C12H22N4O/c1-10(2)16-11(13-9-14-16)7-12(17)5-4-6-15(3)8-12/h9-10,17H,4-8H2,1-3H3. The lowest BCUT2D eigenvalue weighted by molar-refractivity contribution is -0.0246. The van der Waals surface area contributed by atoms with Gasteiger partial charge in [0.25, 0.3) is 0 Å². The lowest BCUT2D eigenvalue weighted by atomic mass is 9.89. The van der Waals surface area contributed by atoms with Gasteiger partial charge in [0, 0.05) is 19.0 Å². The summed E-state index contributed by atoms with van der Waals surface area (Å²) in [6.45, 7) is 5.95. The van der Waals surface area contributed by atoms with E-state index >= 15 is 0 Å². The van der Waals surface area contributed by atoms with E-state index < -0.39 is 5.60 Å². The van der Waals surface area contributed by atoms with Crippen molar-refractivity contribution in [2.45, 2.75) is 44.8 Å². The number of aromatic nitrogens is 3. The van der Waals surface area contributed by atoms with Gasteiger partial charge in [0.2, 0.25) is 0 Å². The molecule has 1 fully saturated rings. The van der Waals surface area contributed by atoms with Gasteiger partial charge >= 0.3 is 0 Å². The molecule has 1 unspecified atom stereocenters. The lowest BCUT2D eigenvalue weighted by Crippen LogP contribution is -2.48. The van der Waals surface area contributed by atoms with Crippen LogP contribution in [0.3, 0.4) is 0 Å². The molecule has 0 aromatic carbocycles. The Kier molecular flexibility index (Phi) is 3.49. The summed E-state index contributed by atoms with van der Waals surface area (Å²) in [5, 5.41) is 14.8. The van der Waals surface area contributed by atoms with Gasteiger partial charge in [-0.25, -0.2) is 9.67 Å². The van der Waals surface area contributed by atoms with Crippen molar-refractivity contribution in [1.82, 2.24) is 19.7 Å². The Hall–Kier alpha value is -0.940. The van der Waals surface area contributed by atoms with Gasteiger partial charge < -0.3 is 10.0 Å². The number of likely N-dealkylation sites (N-methyl/N-ethyl adjacent to an activating group) is 1. The van der Waals surface area contributed by atoms with Crippen LogP contribution in [0, 0.1) is 0 Å². The third-order valence-corrected chi connectivity index (χ3v) is 3.37. The Morgan fingerprint density at radius 2 is 2.29 bits per heavy atom. The summed E-state index contributed by atoms with van der Waals surface area (Å²) in [7, 11) is 2.05. The average molecular weight is 238 g/mol. The first-order chi connectivity index (χ1) is 8.00. The van der Waals surface area contributed by atoms with Crippen molar-refractivity contribution in [2.24, 2.45) is 0 Å². The molecule has 1 saturated heterocycles. The monoisotopic (exact) mass is 238 g/mol. The van der Waals surface area contributed by atoms with E-state index in [2.05, 4.69) is 35.9 Å². The molecule has 5 nitrogen and oxygen atoms in total. The number of likely N-dealkylation sites (tertiary alicyclic amines) is 1. The number of hydrogen-bond donors (Lipinski definition) is 1. The minimum absolute atomic E-state index is 0.289. The molecule has 1 aliphatic rings. The van der Waals surface area contributed by atoms with E-state index in [-0.39, 0.29) is 6.04 Å². The topological polar surface area (TPSA) is 54.2 Å². The first-order valence-electron chi connectivity index (χ1n) is 6.29. The Morgan fingerprint density at radius 1 is 1.53 bits per heavy atom. The number of β-amino-alcohol motifs (C(OH)–C–C–N with tert-alkyl or cyclic N) is 1. The zero-order chi connectivity index (χ0) is 12.5. The Labute approximate surface area is 102 Å². The van der Waals surface area contributed by atoms with Crippen LogP contribution in [0.1, 0.15) is 38.6 Å². The molecule has 17 heavy (non-hydrogen) atoms. The van der Waals surface area contributed by atoms with E-state index in [4.69, 9.17) is 0 Å². The van der Waals surface area contributed by atoms with E-state index in [0.717, 1.165) is 31.8 Å². The molecule has 96 valence electrons. The maximum Gasteiger partial charge on any atom is 0.138 e. The third kappa shape index (κ3) is 2.84. The van der Waals surface area contributed by atoms with Crippen molar-refractivity contribution in [2.75, 3.05) is 20.1 Å². The normalized spacial score (nSPS) is 26.6. The van der Waals surface area contributed by atoms with Gasteiger partial charge in [0.1, 0.15) is 12.2 Å². The number of piperidine rings is 1.